The summed E-state index contributed by atoms with van der Waals surface area (Å²) in [5, 5.41) is 0. The van der Waals surface area contributed by atoms with Gasteiger partial charge < -0.3 is 4.74 Å². The van der Waals surface area contributed by atoms with Crippen LogP contribution in [0.25, 0.3) is 0 Å². The van der Waals surface area contributed by atoms with E-state index in [0.29, 0.717) is 12.5 Å². The van der Waals surface area contributed by atoms with Crippen LogP contribution in [0.2, 0.25) is 0 Å². The van der Waals surface area contributed by atoms with Gasteiger partial charge in [0, 0.05) is 5.56 Å². The molecule has 0 saturated heterocycles. The van der Waals surface area contributed by atoms with Crippen LogP contribution in [0.5, 0.6) is 0 Å². The van der Waals surface area contributed by atoms with Crippen LogP contribution in [0.4, 0.5) is 0 Å². The molecule has 1 aromatic carbocycles. The van der Waals surface area contributed by atoms with Crippen molar-refractivity contribution in [3.63, 3.8) is 0 Å². The summed E-state index contributed by atoms with van der Waals surface area (Å²) < 4.78 is 14.4. The van der Waals surface area contributed by atoms with Crippen LogP contribution in [-0.4, -0.2) is 50.0 Å². The first kappa shape index (κ1) is 16.3. The third-order valence-electron chi connectivity index (χ3n) is 2.57. The van der Waals surface area contributed by atoms with Gasteiger partial charge in [0.05, 0.1) is 6.61 Å². The second-order valence-electron chi connectivity index (χ2n) is 4.41. The van der Waals surface area contributed by atoms with Gasteiger partial charge in [-0.15, -0.1) is 0 Å². The van der Waals surface area contributed by atoms with Crippen LogP contribution in [0, 0.1) is 0 Å². The van der Waals surface area contributed by atoms with E-state index < -0.39 is 6.49 Å². The van der Waals surface area contributed by atoms with E-state index in [2.05, 4.69) is 0 Å². The second kappa shape index (κ2) is 7.15. The number of benzene rings is 1. The molecular formula is C13H22N3OPS. The first-order chi connectivity index (χ1) is 8.91. The molecule has 0 heterocycles. The Morgan fingerprint density at radius 1 is 1.16 bits per heavy atom. The molecule has 0 saturated carbocycles. The van der Waals surface area contributed by atoms with Gasteiger partial charge in [0.2, 0.25) is 5.90 Å². The van der Waals surface area contributed by atoms with Crippen molar-refractivity contribution in [2.24, 2.45) is 4.76 Å². The van der Waals surface area contributed by atoms with E-state index in [0.717, 1.165) is 5.56 Å². The monoisotopic (exact) mass is 299 g/mol. The number of hydrogen-bond acceptors (Lipinski definition) is 2. The highest BCUT2D eigenvalue weighted by Crippen LogP contribution is 2.51. The maximum Gasteiger partial charge on any atom is 0.222 e. The molecule has 0 aromatic heterocycles. The third-order valence-corrected chi connectivity index (χ3v) is 7.30. The van der Waals surface area contributed by atoms with Crippen molar-refractivity contribution in [3.8, 4) is 0 Å². The minimum Gasteiger partial charge on any atom is -0.478 e. The summed E-state index contributed by atoms with van der Waals surface area (Å²) in [6.45, 7) is 0.373. The zero-order valence-corrected chi connectivity index (χ0v) is 13.9. The number of hydrogen-bond donors (Lipinski definition) is 0. The predicted molar refractivity (Wildman–Crippen MR) is 86.3 cm³/mol. The largest absolute Gasteiger partial charge is 0.478 e. The van der Waals surface area contributed by atoms with Crippen molar-refractivity contribution in [1.82, 2.24) is 9.34 Å². The molecule has 6 heteroatoms. The molecule has 0 aliphatic heterocycles. The third kappa shape index (κ3) is 4.11. The van der Waals surface area contributed by atoms with Crippen LogP contribution in [0.3, 0.4) is 0 Å². The van der Waals surface area contributed by atoms with E-state index in [9.17, 15) is 0 Å². The molecule has 0 spiro atoms. The highest BCUT2D eigenvalue weighted by molar-refractivity contribution is 8.11. The molecule has 19 heavy (non-hydrogen) atoms. The summed E-state index contributed by atoms with van der Waals surface area (Å²) in [6.07, 6.45) is 0. The molecule has 0 N–H and O–H groups in total. The quantitative estimate of drug-likeness (QED) is 0.475. The zero-order valence-electron chi connectivity index (χ0n) is 12.2. The summed E-state index contributed by atoms with van der Waals surface area (Å²) in [5.74, 6) is 0.619. The fourth-order valence-electron chi connectivity index (χ4n) is 1.54. The molecule has 4 nitrogen and oxygen atoms in total. The Bertz CT molecular complexity index is 462. The Morgan fingerprint density at radius 2 is 1.68 bits per heavy atom. The minimum absolute atomic E-state index is 0.573. The first-order valence-corrected chi connectivity index (χ1v) is 8.82. The van der Waals surface area contributed by atoms with Crippen LogP contribution < -0.4 is 0 Å². The summed E-state index contributed by atoms with van der Waals surface area (Å²) in [6, 6.07) is 9.89. The Labute approximate surface area is 121 Å². The normalized spacial score (nSPS) is 13.1. The number of nitrogens with zero attached hydrogens (tertiary/aromatic N) is 3. The van der Waals surface area contributed by atoms with Crippen molar-refractivity contribution in [2.45, 2.75) is 6.92 Å². The second-order valence-corrected chi connectivity index (χ2v) is 8.71. The Balaban J connectivity index is 3.25. The molecule has 1 rings (SSSR count). The Morgan fingerprint density at radius 3 is 2.11 bits per heavy atom. The van der Waals surface area contributed by atoms with Gasteiger partial charge in [-0.1, -0.05) is 18.2 Å². The average molecular weight is 299 g/mol. The van der Waals surface area contributed by atoms with E-state index in [4.69, 9.17) is 21.3 Å². The van der Waals surface area contributed by atoms with E-state index in [1.165, 1.54) is 0 Å². The lowest BCUT2D eigenvalue weighted by atomic mass is 10.2. The first-order valence-electron chi connectivity index (χ1n) is 6.16. The van der Waals surface area contributed by atoms with Gasteiger partial charge in [0.15, 0.2) is 6.49 Å². The van der Waals surface area contributed by atoms with Crippen molar-refractivity contribution < 1.29 is 4.74 Å². The summed E-state index contributed by atoms with van der Waals surface area (Å²) in [5.41, 5.74) is 0.960. The lowest BCUT2D eigenvalue weighted by molar-refractivity contribution is 0.329. The van der Waals surface area contributed by atoms with Crippen molar-refractivity contribution in [3.05, 3.63) is 35.9 Å². The fourth-order valence-corrected chi connectivity index (χ4v) is 3.25. The zero-order chi connectivity index (χ0) is 14.5. The maximum atomic E-state index is 5.74. The maximum absolute atomic E-state index is 5.74. The fraction of sp³-hybridized carbons (Fsp3) is 0.462. The highest BCUT2D eigenvalue weighted by Gasteiger charge is 2.23. The SMILES string of the molecule is CCOC(=NP(=S)(N(C)C)N(C)C)c1ccccc1. The molecule has 0 fully saturated rings. The standard InChI is InChI=1S/C13H22N3OPS/c1-6-17-13(12-10-8-7-9-11-12)14-18(19,15(2)3)16(4)5/h7-11H,6H2,1-5H3. The molecule has 0 aliphatic carbocycles. The lowest BCUT2D eigenvalue weighted by Crippen LogP contribution is -2.21. The van der Waals surface area contributed by atoms with Gasteiger partial charge in [-0.05, 0) is 59.1 Å². The van der Waals surface area contributed by atoms with E-state index in [-0.39, 0.29) is 0 Å². The minimum atomic E-state index is -2.15. The highest BCUT2D eigenvalue weighted by atomic mass is 32.4. The van der Waals surface area contributed by atoms with Gasteiger partial charge in [-0.25, -0.2) is 0 Å². The van der Waals surface area contributed by atoms with Crippen LogP contribution in [0.15, 0.2) is 35.1 Å². The molecule has 1 aromatic rings. The van der Waals surface area contributed by atoms with Crippen molar-refractivity contribution in [1.29, 1.82) is 0 Å². The molecule has 0 amide bonds. The molecule has 0 bridgehead atoms. The van der Waals surface area contributed by atoms with E-state index in [1.807, 2.05) is 74.8 Å². The van der Waals surface area contributed by atoms with Crippen molar-refractivity contribution >= 4 is 24.2 Å². The predicted octanol–water partition coefficient (Wildman–Crippen LogP) is 2.82. The van der Waals surface area contributed by atoms with Gasteiger partial charge in [0.25, 0.3) is 0 Å². The van der Waals surface area contributed by atoms with E-state index >= 15 is 0 Å². The van der Waals surface area contributed by atoms with E-state index in [1.54, 1.807) is 0 Å². The Kier molecular flexibility index (Phi) is 6.14. The summed E-state index contributed by atoms with van der Waals surface area (Å²) in [7, 11) is 7.83. The van der Waals surface area contributed by atoms with Gasteiger partial charge in [-0.3, -0.25) is 9.34 Å². The van der Waals surface area contributed by atoms with Crippen LogP contribution in [0.1, 0.15) is 12.5 Å². The molecule has 106 valence electrons. The van der Waals surface area contributed by atoms with Crippen LogP contribution >= 0.6 is 6.49 Å². The van der Waals surface area contributed by atoms with Crippen LogP contribution in [-0.2, 0) is 16.5 Å². The summed E-state index contributed by atoms with van der Waals surface area (Å²) in [4.78, 5) is 0. The van der Waals surface area contributed by atoms with Gasteiger partial charge in [-0.2, -0.15) is 4.76 Å². The molecule has 0 unspecified atom stereocenters. The number of ether oxygens (including phenoxy) is 1. The number of rotatable bonds is 5. The molecule has 0 atom stereocenters. The van der Waals surface area contributed by atoms with Crippen molar-refractivity contribution in [2.75, 3.05) is 34.8 Å². The van der Waals surface area contributed by atoms with Gasteiger partial charge >= 0.3 is 0 Å². The van der Waals surface area contributed by atoms with Gasteiger partial charge in [0.1, 0.15) is 0 Å². The molecule has 0 aliphatic rings. The lowest BCUT2D eigenvalue weighted by Gasteiger charge is -2.31. The molecule has 0 radical (unpaired) electrons. The topological polar surface area (TPSA) is 28.1 Å². The average Bonchev–Trinajstić information content (AvgIpc) is 2.38. The summed E-state index contributed by atoms with van der Waals surface area (Å²) >= 11 is 5.74. The smallest absolute Gasteiger partial charge is 0.222 e. The Hall–Kier alpha value is -0.740. The molecular weight excluding hydrogens is 277 g/mol.